The van der Waals surface area contributed by atoms with E-state index in [9.17, 15) is 18.3 Å². The van der Waals surface area contributed by atoms with Crippen LogP contribution < -0.4 is 19.8 Å². The van der Waals surface area contributed by atoms with Crippen LogP contribution in [0.15, 0.2) is 24.3 Å². The minimum absolute atomic E-state index is 0.348. The lowest BCUT2D eigenvalue weighted by molar-refractivity contribution is 0.102. The molecule has 5 rings (SSSR count). The van der Waals surface area contributed by atoms with E-state index in [1.807, 2.05) is 11.8 Å². The van der Waals surface area contributed by atoms with Crippen molar-refractivity contribution in [2.24, 2.45) is 5.41 Å². The van der Waals surface area contributed by atoms with Crippen LogP contribution in [0.25, 0.3) is 0 Å². The van der Waals surface area contributed by atoms with E-state index in [1.54, 1.807) is 24.3 Å². The van der Waals surface area contributed by atoms with Gasteiger partial charge in [-0.25, -0.2) is 13.4 Å². The maximum atomic E-state index is 13.5. The summed E-state index contributed by atoms with van der Waals surface area (Å²) in [6.07, 6.45) is 5.75. The molecule has 4 N–H and O–H groups in total. The third-order valence-corrected chi connectivity index (χ3v) is 9.03. The Morgan fingerprint density at radius 1 is 1.11 bits per heavy atom. The lowest BCUT2D eigenvalue weighted by Crippen LogP contribution is -2.39. The van der Waals surface area contributed by atoms with Crippen molar-refractivity contribution in [1.29, 1.82) is 0 Å². The Bertz CT molecular complexity index is 1290. The zero-order valence-corrected chi connectivity index (χ0v) is 22.5. The predicted molar refractivity (Wildman–Crippen MR) is 146 cm³/mol. The molecule has 3 heterocycles. The van der Waals surface area contributed by atoms with E-state index in [-0.39, 0.29) is 5.91 Å². The van der Waals surface area contributed by atoms with E-state index in [0.29, 0.717) is 46.4 Å². The van der Waals surface area contributed by atoms with Gasteiger partial charge < -0.3 is 25.3 Å². The highest BCUT2D eigenvalue weighted by Gasteiger charge is 2.44. The number of anilines is 4. The first-order valence-electron chi connectivity index (χ1n) is 13.3. The number of carbonyl (C=O) groups is 1. The highest BCUT2D eigenvalue weighted by atomic mass is 32.2. The molecule has 1 saturated carbocycles. The molecule has 38 heavy (non-hydrogen) atoms. The van der Waals surface area contributed by atoms with E-state index >= 15 is 0 Å². The second-order valence-electron chi connectivity index (χ2n) is 10.8. The fourth-order valence-electron chi connectivity index (χ4n) is 5.38. The number of amides is 1. The van der Waals surface area contributed by atoms with Gasteiger partial charge in [-0.1, -0.05) is 0 Å². The van der Waals surface area contributed by atoms with Gasteiger partial charge in [-0.05, 0) is 69.1 Å². The fourth-order valence-corrected chi connectivity index (χ4v) is 6.21. The average molecular weight is 545 g/mol. The Kier molecular flexibility index (Phi) is 7.47. The van der Waals surface area contributed by atoms with Gasteiger partial charge in [0.2, 0.25) is 16.0 Å². The van der Waals surface area contributed by atoms with Crippen LogP contribution in [0, 0.1) is 12.3 Å². The number of nitrogens with zero attached hydrogens (tertiary/aromatic N) is 4. The van der Waals surface area contributed by atoms with Gasteiger partial charge >= 0.3 is 0 Å². The lowest BCUT2D eigenvalue weighted by atomic mass is 9.93. The summed E-state index contributed by atoms with van der Waals surface area (Å²) in [7, 11) is -3.71. The van der Waals surface area contributed by atoms with E-state index in [4.69, 9.17) is 5.11 Å². The largest absolute Gasteiger partial charge is 0.395 e. The molecule has 2 saturated heterocycles. The number of piperidine rings is 2. The van der Waals surface area contributed by atoms with Crippen molar-refractivity contribution in [2.75, 3.05) is 58.4 Å². The van der Waals surface area contributed by atoms with E-state index in [2.05, 4.69) is 24.9 Å². The van der Waals surface area contributed by atoms with Gasteiger partial charge in [0.1, 0.15) is 5.82 Å². The van der Waals surface area contributed by atoms with Crippen LogP contribution in [0.5, 0.6) is 0 Å². The summed E-state index contributed by atoms with van der Waals surface area (Å²) in [4.78, 5) is 26.7. The molecule has 1 aliphatic carbocycles. The number of sulfonamides is 1. The molecule has 1 amide bonds. The molecule has 11 nitrogen and oxygen atoms in total. The molecule has 0 unspecified atom stereocenters. The molecule has 2 aliphatic heterocycles. The average Bonchev–Trinajstić information content (AvgIpc) is 3.62. The first-order chi connectivity index (χ1) is 18.2. The van der Waals surface area contributed by atoms with E-state index in [0.717, 1.165) is 45.3 Å². The smallest absolute Gasteiger partial charge is 0.258 e. The number of rotatable bonds is 8. The molecule has 0 bridgehead atoms. The Labute approximate surface area is 223 Å². The van der Waals surface area contributed by atoms with E-state index in [1.165, 1.54) is 12.8 Å². The minimum atomic E-state index is -3.71. The summed E-state index contributed by atoms with van der Waals surface area (Å²) < 4.78 is 27.0. The van der Waals surface area contributed by atoms with Crippen LogP contribution >= 0.6 is 0 Å². The second kappa shape index (κ2) is 10.7. The Balaban J connectivity index is 1.40. The van der Waals surface area contributed by atoms with Gasteiger partial charge in [-0.3, -0.25) is 9.52 Å². The third kappa shape index (κ3) is 6.19. The number of hydrogen-bond acceptors (Lipinski definition) is 9. The second-order valence-corrected chi connectivity index (χ2v) is 12.6. The number of β-amino-alcohol motifs (C(OH)–C–C–N with tert-alkyl or cyclic N) is 1. The minimum Gasteiger partial charge on any atom is -0.395 e. The summed E-state index contributed by atoms with van der Waals surface area (Å²) in [5.41, 5.74) is 2.57. The molecular weight excluding hydrogens is 508 g/mol. The molecule has 12 heteroatoms. The first kappa shape index (κ1) is 26.6. The van der Waals surface area contributed by atoms with Crippen molar-refractivity contribution >= 4 is 39.1 Å². The molecule has 206 valence electrons. The van der Waals surface area contributed by atoms with Gasteiger partial charge in [0.25, 0.3) is 5.91 Å². The van der Waals surface area contributed by atoms with Crippen LogP contribution in [-0.4, -0.2) is 79.1 Å². The number of nitrogens with one attached hydrogen (secondary N) is 2. The molecule has 1 atom stereocenters. The molecular formula is C26H36N6O5S. The predicted octanol–water partition coefficient (Wildman–Crippen LogP) is 2.11. The van der Waals surface area contributed by atoms with Gasteiger partial charge in [0.15, 0.2) is 0 Å². The van der Waals surface area contributed by atoms with Crippen molar-refractivity contribution in [3.8, 4) is 0 Å². The molecule has 3 fully saturated rings. The fraction of sp³-hybridized carbons (Fsp3) is 0.577. The van der Waals surface area contributed by atoms with Crippen LogP contribution in [-0.2, 0) is 10.0 Å². The highest BCUT2D eigenvalue weighted by molar-refractivity contribution is 7.92. The van der Waals surface area contributed by atoms with Crippen molar-refractivity contribution < 1.29 is 23.4 Å². The third-order valence-electron chi connectivity index (χ3n) is 7.76. The Hall–Kier alpha value is -2.96. The van der Waals surface area contributed by atoms with Gasteiger partial charge in [-0.15, -0.1) is 0 Å². The highest BCUT2D eigenvalue weighted by Crippen LogP contribution is 2.54. The Morgan fingerprint density at radius 2 is 1.87 bits per heavy atom. The maximum absolute atomic E-state index is 13.5. The topological polar surface area (TPSA) is 148 Å². The van der Waals surface area contributed by atoms with E-state index < -0.39 is 28.5 Å². The molecule has 2 aromatic rings. The zero-order valence-electron chi connectivity index (χ0n) is 21.7. The number of aryl methyl sites for hydroxylation is 1. The zero-order chi connectivity index (χ0) is 26.9. The summed E-state index contributed by atoms with van der Waals surface area (Å²) in [6.45, 7) is 4.13. The van der Waals surface area contributed by atoms with Crippen molar-refractivity contribution in [1.82, 2.24) is 9.97 Å². The first-order valence-corrected chi connectivity index (χ1v) is 14.9. The number of hydrogen-bond donors (Lipinski definition) is 4. The summed E-state index contributed by atoms with van der Waals surface area (Å²) >= 11 is 0. The molecule has 1 aromatic carbocycles. The van der Waals surface area contributed by atoms with Crippen molar-refractivity contribution in [3.63, 3.8) is 0 Å². The molecule has 1 aromatic heterocycles. The van der Waals surface area contributed by atoms with Crippen LogP contribution in [0.2, 0.25) is 0 Å². The molecule has 3 aliphatic rings. The SMILES string of the molecule is Cc1cc(NC(=O)c2ccc(NS(=O)(=O)CCO)cc2N2CCC3(CC2)CC3)nc(N2CCC[C@H](O)C2)n1. The number of carbonyl (C=O) groups excluding carboxylic acids is 1. The molecule has 0 radical (unpaired) electrons. The Morgan fingerprint density at radius 3 is 2.55 bits per heavy atom. The summed E-state index contributed by atoms with van der Waals surface area (Å²) in [5, 5.41) is 22.0. The number of aromatic nitrogens is 2. The quantitative estimate of drug-likeness (QED) is 0.392. The number of aliphatic hydroxyl groups excluding tert-OH is 2. The van der Waals surface area contributed by atoms with Gasteiger partial charge in [0.05, 0.1) is 35.4 Å². The van der Waals surface area contributed by atoms with Gasteiger partial charge in [-0.2, -0.15) is 4.98 Å². The lowest BCUT2D eigenvalue weighted by Gasteiger charge is -2.35. The van der Waals surface area contributed by atoms with Crippen LogP contribution in [0.1, 0.15) is 54.6 Å². The molecule has 1 spiro atoms. The van der Waals surface area contributed by atoms with Gasteiger partial charge in [0, 0.05) is 37.9 Å². The van der Waals surface area contributed by atoms with Crippen LogP contribution in [0.3, 0.4) is 0 Å². The summed E-state index contributed by atoms with van der Waals surface area (Å²) in [6, 6.07) is 6.58. The van der Waals surface area contributed by atoms with Crippen molar-refractivity contribution in [3.05, 3.63) is 35.5 Å². The van der Waals surface area contributed by atoms with Crippen LogP contribution in [0.4, 0.5) is 23.1 Å². The summed E-state index contributed by atoms with van der Waals surface area (Å²) in [5.74, 6) is 0.0879. The van der Waals surface area contributed by atoms with Crippen molar-refractivity contribution in [2.45, 2.75) is 51.6 Å². The number of aliphatic hydroxyl groups is 2. The standard InChI is InChI=1S/C26H36N6O5S/c1-18-15-23(29-25(27-18)32-10-2-3-20(34)17-32)28-24(35)21-5-4-19(30-38(36,37)14-13-33)16-22(21)31-11-8-26(6-7-26)9-12-31/h4-5,15-16,20,30,33-34H,2-3,6-14,17H2,1H3,(H,27,28,29,35)/t20-/m0/s1. The monoisotopic (exact) mass is 544 g/mol. The number of benzene rings is 1. The normalized spacial score (nSPS) is 20.9. The maximum Gasteiger partial charge on any atom is 0.258 e.